The van der Waals surface area contributed by atoms with Crippen LogP contribution in [0.1, 0.15) is 49.2 Å². The molecule has 0 radical (unpaired) electrons. The Morgan fingerprint density at radius 1 is 1.18 bits per heavy atom. The lowest BCUT2D eigenvalue weighted by Gasteiger charge is -2.31. The Hall–Kier alpha value is -2.46. The van der Waals surface area contributed by atoms with Crippen molar-refractivity contribution in [1.29, 1.82) is 0 Å². The van der Waals surface area contributed by atoms with Crippen molar-refractivity contribution in [2.24, 2.45) is 0 Å². The summed E-state index contributed by atoms with van der Waals surface area (Å²) >= 11 is 0. The molecule has 1 atom stereocenters. The van der Waals surface area contributed by atoms with E-state index in [2.05, 4.69) is 34.0 Å². The predicted molar refractivity (Wildman–Crippen MR) is 131 cm³/mol. The van der Waals surface area contributed by atoms with Crippen molar-refractivity contribution in [1.82, 2.24) is 14.9 Å². The van der Waals surface area contributed by atoms with E-state index in [0.29, 0.717) is 6.54 Å². The molecule has 1 unspecified atom stereocenters. The highest BCUT2D eigenvalue weighted by Crippen LogP contribution is 2.26. The van der Waals surface area contributed by atoms with Crippen LogP contribution in [0.5, 0.6) is 5.75 Å². The Kier molecular flexibility index (Phi) is 8.35. The minimum atomic E-state index is -3.88. The van der Waals surface area contributed by atoms with Gasteiger partial charge in [0.25, 0.3) is 5.91 Å². The Bertz CT molecular complexity index is 1110. The molecule has 1 amide bonds. The fourth-order valence-corrected chi connectivity index (χ4v) is 5.52. The first-order chi connectivity index (χ1) is 16.0. The number of benzene rings is 2. The summed E-state index contributed by atoms with van der Waals surface area (Å²) in [5, 5.41) is 2.89. The minimum Gasteiger partial charge on any atom is -0.495 e. The van der Waals surface area contributed by atoms with Gasteiger partial charge in [-0.1, -0.05) is 24.3 Å². The molecule has 1 aliphatic heterocycles. The van der Waals surface area contributed by atoms with Crippen molar-refractivity contribution in [2.75, 3.05) is 26.8 Å². The normalized spacial score (nSPS) is 17.4. The van der Waals surface area contributed by atoms with Crippen LogP contribution in [0, 0.1) is 0 Å². The van der Waals surface area contributed by atoms with Gasteiger partial charge in [0.05, 0.1) is 19.8 Å². The molecule has 0 aromatic heterocycles. The molecule has 186 valence electrons. The van der Waals surface area contributed by atoms with E-state index in [9.17, 15) is 13.2 Å². The van der Waals surface area contributed by atoms with Crippen LogP contribution in [0.3, 0.4) is 0 Å². The van der Waals surface area contributed by atoms with Crippen molar-refractivity contribution in [2.45, 2.75) is 57.3 Å². The van der Waals surface area contributed by atoms with Gasteiger partial charge < -0.3 is 14.8 Å². The van der Waals surface area contributed by atoms with Gasteiger partial charge in [-0.15, -0.1) is 0 Å². The summed E-state index contributed by atoms with van der Waals surface area (Å²) in [5.74, 6) is -0.180. The molecule has 2 aromatic carbocycles. The third kappa shape index (κ3) is 7.27. The van der Waals surface area contributed by atoms with Crippen molar-refractivity contribution in [3.63, 3.8) is 0 Å². The second-order valence-corrected chi connectivity index (χ2v) is 11.3. The van der Waals surface area contributed by atoms with Gasteiger partial charge >= 0.3 is 0 Å². The van der Waals surface area contributed by atoms with Crippen LogP contribution < -0.4 is 14.8 Å². The molecule has 8 nitrogen and oxygen atoms in total. The zero-order valence-electron chi connectivity index (χ0n) is 20.6. The molecule has 34 heavy (non-hydrogen) atoms. The number of sulfonamides is 1. The van der Waals surface area contributed by atoms with Crippen molar-refractivity contribution in [3.05, 3.63) is 59.2 Å². The molecule has 0 aliphatic carbocycles. The molecular formula is C25H35N3O5S. The van der Waals surface area contributed by atoms with Crippen LogP contribution in [0.25, 0.3) is 0 Å². The van der Waals surface area contributed by atoms with E-state index >= 15 is 0 Å². The van der Waals surface area contributed by atoms with Crippen molar-refractivity contribution in [3.8, 4) is 5.75 Å². The summed E-state index contributed by atoms with van der Waals surface area (Å²) in [7, 11) is -2.48. The summed E-state index contributed by atoms with van der Waals surface area (Å²) in [5.41, 5.74) is 1.72. The molecule has 9 heteroatoms. The third-order valence-corrected chi connectivity index (χ3v) is 7.11. The molecule has 1 saturated heterocycles. The van der Waals surface area contributed by atoms with Crippen LogP contribution in [0.15, 0.2) is 47.4 Å². The van der Waals surface area contributed by atoms with E-state index in [0.717, 1.165) is 31.8 Å². The van der Waals surface area contributed by atoms with Gasteiger partial charge in [0.1, 0.15) is 10.6 Å². The van der Waals surface area contributed by atoms with Gasteiger partial charge in [0.15, 0.2) is 0 Å². The van der Waals surface area contributed by atoms with E-state index in [4.69, 9.17) is 9.47 Å². The van der Waals surface area contributed by atoms with Gasteiger partial charge in [-0.2, -0.15) is 0 Å². The molecule has 3 rings (SSSR count). The monoisotopic (exact) mass is 489 g/mol. The largest absolute Gasteiger partial charge is 0.495 e. The van der Waals surface area contributed by atoms with Crippen LogP contribution in [-0.2, 0) is 27.8 Å². The number of amides is 1. The van der Waals surface area contributed by atoms with E-state index < -0.39 is 15.6 Å². The van der Waals surface area contributed by atoms with Gasteiger partial charge in [-0.05, 0) is 57.0 Å². The standard InChI is InChI=1S/C25H35N3O5S/c1-18-16-28(11-12-33-18)17-20-8-6-7-19(13-20)15-26-24(29)21-9-10-22(32-5)23(14-21)34(30,31)27-25(2,3)4/h6-10,13-14,18,27H,11-12,15-17H2,1-5H3,(H,26,29). The first kappa shape index (κ1) is 26.2. The molecule has 0 spiro atoms. The van der Waals surface area contributed by atoms with Gasteiger partial charge in [0, 0.05) is 37.3 Å². The average Bonchev–Trinajstić information content (AvgIpc) is 2.75. The number of nitrogens with one attached hydrogen (secondary N) is 2. The number of hydrogen-bond acceptors (Lipinski definition) is 6. The molecule has 1 fully saturated rings. The maximum absolute atomic E-state index is 12.9. The van der Waals surface area contributed by atoms with Crippen LogP contribution in [0.2, 0.25) is 0 Å². The van der Waals surface area contributed by atoms with E-state index in [-0.39, 0.29) is 28.2 Å². The number of morpholine rings is 1. The number of ether oxygens (including phenoxy) is 2. The minimum absolute atomic E-state index is 0.0701. The molecule has 2 N–H and O–H groups in total. The molecule has 1 heterocycles. The number of methoxy groups -OCH3 is 1. The highest BCUT2D eigenvalue weighted by atomic mass is 32.2. The molecular weight excluding hydrogens is 454 g/mol. The summed E-state index contributed by atoms with van der Waals surface area (Å²) in [4.78, 5) is 15.1. The van der Waals surface area contributed by atoms with E-state index in [1.807, 2.05) is 12.1 Å². The fraction of sp³-hybridized carbons (Fsp3) is 0.480. The summed E-state index contributed by atoms with van der Waals surface area (Å²) in [6.07, 6.45) is 0.230. The molecule has 2 aromatic rings. The van der Waals surface area contributed by atoms with E-state index in [1.165, 1.54) is 24.8 Å². The lowest BCUT2D eigenvalue weighted by molar-refractivity contribution is -0.0212. The van der Waals surface area contributed by atoms with E-state index in [1.54, 1.807) is 26.8 Å². The van der Waals surface area contributed by atoms with Crippen LogP contribution in [-0.4, -0.2) is 57.7 Å². The summed E-state index contributed by atoms with van der Waals surface area (Å²) in [6.45, 7) is 11.0. The maximum Gasteiger partial charge on any atom is 0.251 e. The molecule has 0 saturated carbocycles. The number of nitrogens with zero attached hydrogens (tertiary/aromatic N) is 1. The Morgan fingerprint density at radius 2 is 1.91 bits per heavy atom. The second-order valence-electron chi connectivity index (χ2n) is 9.64. The second kappa shape index (κ2) is 10.9. The van der Waals surface area contributed by atoms with Gasteiger partial charge in [0.2, 0.25) is 10.0 Å². The average molecular weight is 490 g/mol. The first-order valence-corrected chi connectivity index (χ1v) is 12.9. The fourth-order valence-electron chi connectivity index (χ4n) is 3.90. The Labute approximate surface area is 202 Å². The SMILES string of the molecule is COc1ccc(C(=O)NCc2cccc(CN3CCOC(C)C3)c2)cc1S(=O)(=O)NC(C)(C)C. The van der Waals surface area contributed by atoms with Gasteiger partial charge in [-0.25, -0.2) is 13.1 Å². The summed E-state index contributed by atoms with van der Waals surface area (Å²) < 4.78 is 39.2. The Morgan fingerprint density at radius 3 is 2.59 bits per heavy atom. The lowest BCUT2D eigenvalue weighted by atomic mass is 10.1. The third-order valence-electron chi connectivity index (χ3n) is 5.33. The molecule has 1 aliphatic rings. The van der Waals surface area contributed by atoms with Gasteiger partial charge in [-0.3, -0.25) is 9.69 Å². The van der Waals surface area contributed by atoms with Crippen LogP contribution >= 0.6 is 0 Å². The smallest absolute Gasteiger partial charge is 0.251 e. The number of hydrogen-bond donors (Lipinski definition) is 2. The van der Waals surface area contributed by atoms with Crippen molar-refractivity contribution >= 4 is 15.9 Å². The Balaban J connectivity index is 1.69. The highest BCUT2D eigenvalue weighted by Gasteiger charge is 2.26. The van der Waals surface area contributed by atoms with Crippen LogP contribution in [0.4, 0.5) is 0 Å². The summed E-state index contributed by atoms with van der Waals surface area (Å²) in [6, 6.07) is 12.5. The predicted octanol–water partition coefficient (Wildman–Crippen LogP) is 2.92. The quantitative estimate of drug-likeness (QED) is 0.592. The number of rotatable bonds is 8. The van der Waals surface area contributed by atoms with Crippen molar-refractivity contribution < 1.29 is 22.7 Å². The first-order valence-electron chi connectivity index (χ1n) is 11.4. The number of carbonyl (C=O) groups is 1. The lowest BCUT2D eigenvalue weighted by Crippen LogP contribution is -2.40. The maximum atomic E-state index is 12.9. The topological polar surface area (TPSA) is 97.0 Å². The highest BCUT2D eigenvalue weighted by molar-refractivity contribution is 7.89. The molecule has 0 bridgehead atoms. The number of carbonyl (C=O) groups excluding carboxylic acids is 1. The zero-order chi connectivity index (χ0) is 24.9. The zero-order valence-corrected chi connectivity index (χ0v) is 21.4.